The summed E-state index contributed by atoms with van der Waals surface area (Å²) < 4.78 is 0. The molecule has 1 aromatic rings. The number of rotatable bonds is 1. The first-order chi connectivity index (χ1) is 5.65. The van der Waals surface area contributed by atoms with Crippen molar-refractivity contribution < 1.29 is 0 Å². The lowest BCUT2D eigenvalue weighted by Crippen LogP contribution is -2.28. The molecule has 62 valence electrons. The minimum Gasteiger partial charge on any atom is -0.253 e. The average molecular weight is 159 g/mol. The van der Waals surface area contributed by atoms with E-state index in [1.54, 1.807) is 6.08 Å². The number of nitrogens with zero attached hydrogens (tertiary/aromatic N) is 1. The third kappa shape index (κ3) is 1.62. The molecule has 0 aliphatic heterocycles. The monoisotopic (exact) mass is 159 g/mol. The molecule has 1 heteroatoms. The van der Waals surface area contributed by atoms with Crippen molar-refractivity contribution in [3.05, 3.63) is 41.0 Å². The van der Waals surface area contributed by atoms with Gasteiger partial charge in [-0.2, -0.15) is 0 Å². The first kappa shape index (κ1) is 8.72. The van der Waals surface area contributed by atoms with Gasteiger partial charge in [0.05, 0.1) is 5.35 Å². The molecular weight excluding hydrogens is 146 g/mol. The summed E-state index contributed by atoms with van der Waals surface area (Å²) in [5.74, 6) is 0. The predicted molar refractivity (Wildman–Crippen MR) is 53.0 cm³/mol. The lowest BCUT2D eigenvalue weighted by atomic mass is 10.2. The molecule has 12 heavy (non-hydrogen) atoms. The Morgan fingerprint density at radius 2 is 2.17 bits per heavy atom. The SMILES string of the molecule is C=C/C(C)=c1/nc(C)ccc1=C. The Morgan fingerprint density at radius 3 is 2.75 bits per heavy atom. The Kier molecular flexibility index (Phi) is 2.44. The molecule has 0 bridgehead atoms. The zero-order chi connectivity index (χ0) is 9.14. The second kappa shape index (κ2) is 3.35. The molecule has 1 heterocycles. The molecule has 1 nitrogen and oxygen atoms in total. The van der Waals surface area contributed by atoms with Crippen molar-refractivity contribution in [2.45, 2.75) is 13.8 Å². The summed E-state index contributed by atoms with van der Waals surface area (Å²) in [6.07, 6.45) is 1.80. The maximum Gasteiger partial charge on any atom is 0.0728 e. The summed E-state index contributed by atoms with van der Waals surface area (Å²) in [5.41, 5.74) is 2.09. The fourth-order valence-electron chi connectivity index (χ4n) is 1.02. The van der Waals surface area contributed by atoms with Gasteiger partial charge in [0, 0.05) is 5.69 Å². The van der Waals surface area contributed by atoms with Crippen molar-refractivity contribution in [3.8, 4) is 0 Å². The minimum atomic E-state index is 0.949. The third-order valence-electron chi connectivity index (χ3n) is 1.80. The quantitative estimate of drug-likeness (QED) is 0.599. The molecular formula is C11H13N. The molecule has 1 rings (SSSR count). The topological polar surface area (TPSA) is 12.9 Å². The first-order valence-corrected chi connectivity index (χ1v) is 3.91. The standard InChI is InChI=1S/C11H13N/c1-5-8(2)11-9(3)6-7-10(4)12-11/h5-7H,1,3H2,2,4H3/b11-8+. The van der Waals surface area contributed by atoms with Crippen molar-refractivity contribution in [2.24, 2.45) is 0 Å². The van der Waals surface area contributed by atoms with Gasteiger partial charge in [0.15, 0.2) is 0 Å². The van der Waals surface area contributed by atoms with E-state index in [0.717, 1.165) is 21.8 Å². The van der Waals surface area contributed by atoms with Gasteiger partial charge >= 0.3 is 0 Å². The number of hydrogen-bond acceptors (Lipinski definition) is 1. The van der Waals surface area contributed by atoms with Crippen molar-refractivity contribution in [2.75, 3.05) is 0 Å². The highest BCUT2D eigenvalue weighted by molar-refractivity contribution is 5.51. The second-order valence-electron chi connectivity index (χ2n) is 2.85. The summed E-state index contributed by atoms with van der Waals surface area (Å²) in [4.78, 5) is 4.37. The van der Waals surface area contributed by atoms with E-state index in [9.17, 15) is 0 Å². The van der Waals surface area contributed by atoms with E-state index in [4.69, 9.17) is 0 Å². The lowest BCUT2D eigenvalue weighted by molar-refractivity contribution is 1.12. The molecule has 0 saturated heterocycles. The largest absolute Gasteiger partial charge is 0.253 e. The van der Waals surface area contributed by atoms with Gasteiger partial charge in [-0.1, -0.05) is 25.3 Å². The van der Waals surface area contributed by atoms with E-state index in [2.05, 4.69) is 18.1 Å². The van der Waals surface area contributed by atoms with E-state index < -0.39 is 0 Å². The van der Waals surface area contributed by atoms with E-state index in [1.165, 1.54) is 0 Å². The molecule has 0 atom stereocenters. The Hall–Kier alpha value is -1.37. The number of aryl methyl sites for hydroxylation is 1. The zero-order valence-electron chi connectivity index (χ0n) is 7.59. The molecule has 0 radical (unpaired) electrons. The van der Waals surface area contributed by atoms with Crippen LogP contribution in [0.2, 0.25) is 0 Å². The van der Waals surface area contributed by atoms with Gasteiger partial charge in [0.25, 0.3) is 0 Å². The molecule has 0 aliphatic carbocycles. The Morgan fingerprint density at radius 1 is 1.50 bits per heavy atom. The Labute approximate surface area is 72.8 Å². The summed E-state index contributed by atoms with van der Waals surface area (Å²) in [6.45, 7) is 11.6. The van der Waals surface area contributed by atoms with Crippen LogP contribution in [0.3, 0.4) is 0 Å². The van der Waals surface area contributed by atoms with Gasteiger partial charge in [0.1, 0.15) is 0 Å². The van der Waals surface area contributed by atoms with Gasteiger partial charge in [-0.25, -0.2) is 0 Å². The number of hydrogen-bond donors (Lipinski definition) is 0. The second-order valence-corrected chi connectivity index (χ2v) is 2.85. The molecule has 0 aromatic carbocycles. The molecule has 0 saturated carbocycles. The Bertz CT molecular complexity index is 402. The Balaban J connectivity index is 3.63. The van der Waals surface area contributed by atoms with Crippen LogP contribution in [-0.2, 0) is 0 Å². The first-order valence-electron chi connectivity index (χ1n) is 3.91. The highest BCUT2D eigenvalue weighted by atomic mass is 14.7. The summed E-state index contributed by atoms with van der Waals surface area (Å²) in [5, 5.41) is 1.91. The molecule has 0 aliphatic rings. The van der Waals surface area contributed by atoms with Crippen molar-refractivity contribution in [1.29, 1.82) is 0 Å². The van der Waals surface area contributed by atoms with Crippen LogP contribution < -0.4 is 10.6 Å². The van der Waals surface area contributed by atoms with Crippen LogP contribution in [0, 0.1) is 6.92 Å². The van der Waals surface area contributed by atoms with Crippen molar-refractivity contribution in [3.63, 3.8) is 0 Å². The number of allylic oxidation sites excluding steroid dienone is 1. The lowest BCUT2D eigenvalue weighted by Gasteiger charge is -1.94. The highest BCUT2D eigenvalue weighted by Gasteiger charge is 1.89. The molecule has 0 fully saturated rings. The van der Waals surface area contributed by atoms with Crippen LogP contribution in [0.1, 0.15) is 12.6 Å². The predicted octanol–water partition coefficient (Wildman–Crippen LogP) is 1.16. The van der Waals surface area contributed by atoms with E-state index in [1.807, 2.05) is 26.0 Å². The maximum absolute atomic E-state index is 4.37. The normalized spacial score (nSPS) is 12.5. The van der Waals surface area contributed by atoms with E-state index in [-0.39, 0.29) is 0 Å². The molecule has 0 unspecified atom stereocenters. The van der Waals surface area contributed by atoms with Crippen LogP contribution in [0.25, 0.3) is 12.2 Å². The van der Waals surface area contributed by atoms with E-state index >= 15 is 0 Å². The van der Waals surface area contributed by atoms with Gasteiger partial charge in [-0.3, -0.25) is 4.98 Å². The molecule has 0 N–H and O–H groups in total. The fraction of sp³-hybridized carbons (Fsp3) is 0.182. The van der Waals surface area contributed by atoms with Crippen molar-refractivity contribution >= 4 is 12.2 Å². The summed E-state index contributed by atoms with van der Waals surface area (Å²) in [7, 11) is 0. The van der Waals surface area contributed by atoms with E-state index in [0.29, 0.717) is 0 Å². The third-order valence-corrected chi connectivity index (χ3v) is 1.80. The highest BCUT2D eigenvalue weighted by Crippen LogP contribution is 1.88. The van der Waals surface area contributed by atoms with Crippen LogP contribution in [0.15, 0.2) is 24.8 Å². The molecule has 0 spiro atoms. The van der Waals surface area contributed by atoms with Gasteiger partial charge < -0.3 is 0 Å². The number of aromatic nitrogens is 1. The average Bonchev–Trinajstić information content (AvgIpc) is 2.08. The minimum absolute atomic E-state index is 0.949. The van der Waals surface area contributed by atoms with Crippen molar-refractivity contribution in [1.82, 2.24) is 4.98 Å². The van der Waals surface area contributed by atoms with Crippen LogP contribution in [0.4, 0.5) is 0 Å². The molecule has 1 aromatic heterocycles. The van der Waals surface area contributed by atoms with Crippen LogP contribution >= 0.6 is 0 Å². The maximum atomic E-state index is 4.37. The number of pyridine rings is 1. The van der Waals surface area contributed by atoms with Crippen LogP contribution in [-0.4, -0.2) is 4.98 Å². The van der Waals surface area contributed by atoms with Gasteiger partial charge in [-0.05, 0) is 30.7 Å². The van der Waals surface area contributed by atoms with Crippen LogP contribution in [0.5, 0.6) is 0 Å². The zero-order valence-corrected chi connectivity index (χ0v) is 7.59. The molecule has 0 amide bonds. The summed E-state index contributed by atoms with van der Waals surface area (Å²) >= 11 is 0. The fourth-order valence-corrected chi connectivity index (χ4v) is 1.02. The van der Waals surface area contributed by atoms with Gasteiger partial charge in [-0.15, -0.1) is 0 Å². The summed E-state index contributed by atoms with van der Waals surface area (Å²) in [6, 6.07) is 3.94. The van der Waals surface area contributed by atoms with Gasteiger partial charge in [0.2, 0.25) is 0 Å². The smallest absolute Gasteiger partial charge is 0.0728 e.